The van der Waals surface area contributed by atoms with E-state index < -0.39 is 21.9 Å². The van der Waals surface area contributed by atoms with E-state index in [0.717, 1.165) is 30.6 Å². The molecule has 0 spiro atoms. The molecule has 1 aromatic heterocycles. The molecule has 1 aliphatic rings. The Morgan fingerprint density at radius 3 is 2.63 bits per heavy atom. The van der Waals surface area contributed by atoms with Crippen molar-refractivity contribution in [3.8, 4) is 5.75 Å². The van der Waals surface area contributed by atoms with E-state index in [2.05, 4.69) is 5.32 Å². The molecule has 1 unspecified atom stereocenters. The van der Waals surface area contributed by atoms with Gasteiger partial charge in [0, 0.05) is 18.2 Å². The summed E-state index contributed by atoms with van der Waals surface area (Å²) in [6.07, 6.45) is 2.56. The number of esters is 1. The molecule has 1 atom stereocenters. The lowest BCUT2D eigenvalue weighted by atomic mass is 10.1. The fraction of sp³-hybridized carbons (Fsp3) is 0.400. The molecule has 30 heavy (non-hydrogen) atoms. The standard InChI is InChI=1S/C20H24N2O6S2/c1-13-6-4-5-10-22(13)30(25,26)17-12-14(7-8-16(17)27-2)19(23)21-15-9-11-29-18(15)20(24)28-3/h7-9,11-13H,4-6,10H2,1-3H3,(H,21,23). The van der Waals surface area contributed by atoms with Crippen molar-refractivity contribution in [2.24, 2.45) is 0 Å². The van der Waals surface area contributed by atoms with Crippen LogP contribution in [-0.4, -0.2) is 51.4 Å². The first-order chi connectivity index (χ1) is 14.3. The van der Waals surface area contributed by atoms with Crippen LogP contribution in [0.5, 0.6) is 5.75 Å². The number of hydrogen-bond acceptors (Lipinski definition) is 7. The van der Waals surface area contributed by atoms with Crippen LogP contribution < -0.4 is 10.1 Å². The Balaban J connectivity index is 1.94. The molecule has 2 aromatic rings. The summed E-state index contributed by atoms with van der Waals surface area (Å²) in [4.78, 5) is 24.8. The molecule has 1 aliphatic heterocycles. The van der Waals surface area contributed by atoms with E-state index >= 15 is 0 Å². The van der Waals surface area contributed by atoms with Gasteiger partial charge in [-0.05, 0) is 49.4 Å². The highest BCUT2D eigenvalue weighted by atomic mass is 32.2. The number of anilines is 1. The van der Waals surface area contributed by atoms with Crippen molar-refractivity contribution < 1.29 is 27.5 Å². The largest absolute Gasteiger partial charge is 0.495 e. The number of piperidine rings is 1. The minimum atomic E-state index is -3.84. The van der Waals surface area contributed by atoms with E-state index in [1.807, 2.05) is 6.92 Å². The van der Waals surface area contributed by atoms with Crippen molar-refractivity contribution in [3.05, 3.63) is 40.1 Å². The maximum absolute atomic E-state index is 13.3. The molecule has 1 amide bonds. The van der Waals surface area contributed by atoms with Crippen LogP contribution in [0.3, 0.4) is 0 Å². The number of nitrogens with one attached hydrogen (secondary N) is 1. The Morgan fingerprint density at radius 1 is 1.20 bits per heavy atom. The van der Waals surface area contributed by atoms with Crippen LogP contribution in [0.25, 0.3) is 0 Å². The predicted molar refractivity (Wildman–Crippen MR) is 114 cm³/mol. The van der Waals surface area contributed by atoms with Gasteiger partial charge >= 0.3 is 5.97 Å². The molecule has 0 aliphatic carbocycles. The Kier molecular flexibility index (Phi) is 6.79. The lowest BCUT2D eigenvalue weighted by Crippen LogP contribution is -2.42. The maximum atomic E-state index is 13.3. The van der Waals surface area contributed by atoms with Crippen LogP contribution in [0, 0.1) is 0 Å². The van der Waals surface area contributed by atoms with Crippen LogP contribution in [-0.2, 0) is 14.8 Å². The lowest BCUT2D eigenvalue weighted by Gasteiger charge is -2.32. The fourth-order valence-corrected chi connectivity index (χ4v) is 6.08. The van der Waals surface area contributed by atoms with Crippen molar-refractivity contribution in [2.75, 3.05) is 26.1 Å². The SMILES string of the molecule is COC(=O)c1sccc1NC(=O)c1ccc(OC)c(S(=O)(=O)N2CCCCC2C)c1. The van der Waals surface area contributed by atoms with Gasteiger partial charge in [-0.2, -0.15) is 4.31 Å². The molecule has 162 valence electrons. The monoisotopic (exact) mass is 452 g/mol. The quantitative estimate of drug-likeness (QED) is 0.675. The molecule has 0 bridgehead atoms. The van der Waals surface area contributed by atoms with Crippen LogP contribution >= 0.6 is 11.3 Å². The molecule has 3 rings (SSSR count). The molecular formula is C20H24N2O6S2. The number of hydrogen-bond donors (Lipinski definition) is 1. The van der Waals surface area contributed by atoms with E-state index in [4.69, 9.17) is 9.47 Å². The number of rotatable bonds is 6. The summed E-state index contributed by atoms with van der Waals surface area (Å²) in [5.74, 6) is -0.920. The predicted octanol–water partition coefficient (Wildman–Crippen LogP) is 3.36. The second-order valence-electron chi connectivity index (χ2n) is 6.94. The van der Waals surface area contributed by atoms with Gasteiger partial charge in [-0.15, -0.1) is 11.3 Å². The molecule has 1 fully saturated rings. The summed E-state index contributed by atoms with van der Waals surface area (Å²) in [6.45, 7) is 2.31. The topological polar surface area (TPSA) is 102 Å². The van der Waals surface area contributed by atoms with Crippen LogP contribution in [0.15, 0.2) is 34.5 Å². The molecule has 10 heteroatoms. The molecule has 1 N–H and O–H groups in total. The molecular weight excluding hydrogens is 428 g/mol. The normalized spacial score (nSPS) is 17.4. The first-order valence-corrected chi connectivity index (χ1v) is 11.8. The second kappa shape index (κ2) is 9.15. The van der Waals surface area contributed by atoms with E-state index in [-0.39, 0.29) is 27.1 Å². The zero-order valence-electron chi connectivity index (χ0n) is 17.0. The zero-order chi connectivity index (χ0) is 21.9. The number of nitrogens with zero attached hydrogens (tertiary/aromatic N) is 1. The number of methoxy groups -OCH3 is 2. The Morgan fingerprint density at radius 2 is 1.97 bits per heavy atom. The third-order valence-electron chi connectivity index (χ3n) is 5.04. The van der Waals surface area contributed by atoms with Crippen molar-refractivity contribution in [3.63, 3.8) is 0 Å². The average Bonchev–Trinajstić information content (AvgIpc) is 3.20. The highest BCUT2D eigenvalue weighted by Gasteiger charge is 2.33. The van der Waals surface area contributed by atoms with Crippen molar-refractivity contribution in [1.29, 1.82) is 0 Å². The summed E-state index contributed by atoms with van der Waals surface area (Å²) in [6, 6.07) is 5.72. The summed E-state index contributed by atoms with van der Waals surface area (Å²) in [5.41, 5.74) is 0.447. The van der Waals surface area contributed by atoms with Gasteiger partial charge in [0.2, 0.25) is 10.0 Å². The highest BCUT2D eigenvalue weighted by Crippen LogP contribution is 2.32. The van der Waals surface area contributed by atoms with Crippen LogP contribution in [0.1, 0.15) is 46.2 Å². The lowest BCUT2D eigenvalue weighted by molar-refractivity contribution is 0.0607. The summed E-state index contributed by atoms with van der Waals surface area (Å²) >= 11 is 1.14. The van der Waals surface area contributed by atoms with E-state index in [1.165, 1.54) is 36.7 Å². The molecule has 1 saturated heterocycles. The van der Waals surface area contributed by atoms with Gasteiger partial charge in [-0.3, -0.25) is 4.79 Å². The van der Waals surface area contributed by atoms with Gasteiger partial charge in [0.15, 0.2) is 0 Å². The van der Waals surface area contributed by atoms with E-state index in [0.29, 0.717) is 12.2 Å². The highest BCUT2D eigenvalue weighted by molar-refractivity contribution is 7.89. The first-order valence-electron chi connectivity index (χ1n) is 9.46. The van der Waals surface area contributed by atoms with E-state index in [1.54, 1.807) is 11.4 Å². The number of ether oxygens (including phenoxy) is 2. The minimum absolute atomic E-state index is 0.0510. The number of carbonyl (C=O) groups excluding carboxylic acids is 2. The summed E-state index contributed by atoms with van der Waals surface area (Å²) in [5, 5.41) is 4.30. The van der Waals surface area contributed by atoms with Crippen LogP contribution in [0.2, 0.25) is 0 Å². The van der Waals surface area contributed by atoms with Crippen LogP contribution in [0.4, 0.5) is 5.69 Å². The average molecular weight is 453 g/mol. The second-order valence-corrected chi connectivity index (χ2v) is 9.71. The summed E-state index contributed by atoms with van der Waals surface area (Å²) in [7, 11) is -1.19. The molecule has 1 aromatic carbocycles. The third kappa shape index (κ3) is 4.35. The maximum Gasteiger partial charge on any atom is 0.350 e. The third-order valence-corrected chi connectivity index (χ3v) is 7.97. The Bertz CT molecular complexity index is 1050. The fourth-order valence-electron chi connectivity index (χ4n) is 3.43. The zero-order valence-corrected chi connectivity index (χ0v) is 18.6. The number of thiophene rings is 1. The minimum Gasteiger partial charge on any atom is -0.495 e. The van der Waals surface area contributed by atoms with Gasteiger partial charge in [0.25, 0.3) is 5.91 Å². The Labute approximate surface area is 179 Å². The van der Waals surface area contributed by atoms with Crippen molar-refractivity contribution in [2.45, 2.75) is 37.1 Å². The van der Waals surface area contributed by atoms with Gasteiger partial charge in [-0.25, -0.2) is 13.2 Å². The van der Waals surface area contributed by atoms with E-state index in [9.17, 15) is 18.0 Å². The molecule has 2 heterocycles. The smallest absolute Gasteiger partial charge is 0.350 e. The van der Waals surface area contributed by atoms with Gasteiger partial charge < -0.3 is 14.8 Å². The summed E-state index contributed by atoms with van der Waals surface area (Å²) < 4.78 is 38.1. The molecule has 0 radical (unpaired) electrons. The number of carbonyl (C=O) groups is 2. The van der Waals surface area contributed by atoms with Crippen molar-refractivity contribution in [1.82, 2.24) is 4.31 Å². The molecule has 0 saturated carbocycles. The first kappa shape index (κ1) is 22.3. The van der Waals surface area contributed by atoms with Gasteiger partial charge in [-0.1, -0.05) is 6.42 Å². The Hall–Kier alpha value is -2.43. The number of benzene rings is 1. The molecule has 8 nitrogen and oxygen atoms in total. The number of amides is 1. The van der Waals surface area contributed by atoms with Gasteiger partial charge in [0.05, 0.1) is 19.9 Å². The van der Waals surface area contributed by atoms with Crippen molar-refractivity contribution >= 4 is 38.9 Å². The number of sulfonamides is 1. The van der Waals surface area contributed by atoms with Gasteiger partial charge in [0.1, 0.15) is 15.5 Å².